The Balaban J connectivity index is 2.14. The lowest BCUT2D eigenvalue weighted by Gasteiger charge is -2.29. The second-order valence-electron chi connectivity index (χ2n) is 5.32. The molecule has 102 valence electrons. The highest BCUT2D eigenvalue weighted by Gasteiger charge is 2.33. The predicted molar refractivity (Wildman–Crippen MR) is 74.7 cm³/mol. The molecule has 2 rings (SSSR count). The zero-order valence-electron chi connectivity index (χ0n) is 11.2. The molecule has 1 aliphatic rings. The highest BCUT2D eigenvalue weighted by atomic mass is 79.9. The zero-order chi connectivity index (χ0) is 14.2. The molecular weight excluding hydrogens is 310 g/mol. The zero-order valence-corrected chi connectivity index (χ0v) is 12.8. The Morgan fingerprint density at radius 1 is 1.47 bits per heavy atom. The Labute approximate surface area is 120 Å². The maximum absolute atomic E-state index is 12.2. The number of carbonyl (C=O) groups excluding carboxylic acids is 2. The molecule has 0 radical (unpaired) electrons. The van der Waals surface area contributed by atoms with Crippen LogP contribution in [-0.4, -0.2) is 28.9 Å². The first-order chi connectivity index (χ1) is 8.78. The number of amides is 1. The number of halogens is 1. The van der Waals surface area contributed by atoms with Crippen molar-refractivity contribution in [2.45, 2.75) is 32.9 Å². The molecule has 4 nitrogen and oxygen atoms in total. The Morgan fingerprint density at radius 2 is 2.16 bits per heavy atom. The van der Waals surface area contributed by atoms with Crippen molar-refractivity contribution in [2.75, 3.05) is 6.54 Å². The van der Waals surface area contributed by atoms with Crippen molar-refractivity contribution < 1.29 is 14.3 Å². The first-order valence-electron chi connectivity index (χ1n) is 6.06. The number of hydrogen-bond acceptors (Lipinski definition) is 3. The number of carbonyl (C=O) groups is 2. The van der Waals surface area contributed by atoms with Crippen molar-refractivity contribution in [3.8, 4) is 0 Å². The van der Waals surface area contributed by atoms with E-state index in [0.717, 1.165) is 15.6 Å². The SMILES string of the molecule is CC(=O)OC(C)(C)CN1Cc2cc(Br)ccc2C1=O. The van der Waals surface area contributed by atoms with E-state index in [2.05, 4.69) is 15.9 Å². The van der Waals surface area contributed by atoms with Gasteiger partial charge in [0, 0.05) is 23.5 Å². The van der Waals surface area contributed by atoms with Gasteiger partial charge in [0.15, 0.2) is 0 Å². The van der Waals surface area contributed by atoms with Gasteiger partial charge in [-0.25, -0.2) is 0 Å². The number of esters is 1. The van der Waals surface area contributed by atoms with Crippen LogP contribution in [0.4, 0.5) is 0 Å². The summed E-state index contributed by atoms with van der Waals surface area (Å²) in [6.07, 6.45) is 0. The van der Waals surface area contributed by atoms with Crippen LogP contribution in [0.25, 0.3) is 0 Å². The quantitative estimate of drug-likeness (QED) is 0.803. The molecule has 1 heterocycles. The van der Waals surface area contributed by atoms with Crippen molar-refractivity contribution in [2.24, 2.45) is 0 Å². The average Bonchev–Trinajstić information content (AvgIpc) is 2.52. The molecule has 0 saturated carbocycles. The van der Waals surface area contributed by atoms with Crippen LogP contribution in [0.3, 0.4) is 0 Å². The lowest BCUT2D eigenvalue weighted by atomic mass is 10.1. The van der Waals surface area contributed by atoms with E-state index in [4.69, 9.17) is 4.74 Å². The van der Waals surface area contributed by atoms with Crippen LogP contribution < -0.4 is 0 Å². The Morgan fingerprint density at radius 3 is 2.79 bits per heavy atom. The number of ether oxygens (including phenoxy) is 1. The van der Waals surface area contributed by atoms with Crippen molar-refractivity contribution in [3.63, 3.8) is 0 Å². The van der Waals surface area contributed by atoms with E-state index >= 15 is 0 Å². The summed E-state index contributed by atoms with van der Waals surface area (Å²) in [6.45, 7) is 5.93. The smallest absolute Gasteiger partial charge is 0.303 e. The Hall–Kier alpha value is -1.36. The van der Waals surface area contributed by atoms with Gasteiger partial charge in [-0.1, -0.05) is 15.9 Å². The van der Waals surface area contributed by atoms with Gasteiger partial charge in [0.25, 0.3) is 5.91 Å². The lowest BCUT2D eigenvalue weighted by molar-refractivity contribution is -0.154. The first kappa shape index (κ1) is 14.1. The Kier molecular flexibility index (Phi) is 3.67. The van der Waals surface area contributed by atoms with Crippen LogP contribution in [0.1, 0.15) is 36.7 Å². The minimum absolute atomic E-state index is 0.0114. The van der Waals surface area contributed by atoms with Gasteiger partial charge in [0.2, 0.25) is 0 Å². The molecule has 1 aromatic carbocycles. The molecule has 0 fully saturated rings. The number of rotatable bonds is 3. The summed E-state index contributed by atoms with van der Waals surface area (Å²) in [5.41, 5.74) is 1.04. The molecule has 1 aromatic rings. The minimum atomic E-state index is -0.680. The van der Waals surface area contributed by atoms with Crippen molar-refractivity contribution in [3.05, 3.63) is 33.8 Å². The highest BCUT2D eigenvalue weighted by Crippen LogP contribution is 2.27. The molecule has 1 aliphatic heterocycles. The molecule has 0 spiro atoms. The van der Waals surface area contributed by atoms with Gasteiger partial charge in [-0.15, -0.1) is 0 Å². The molecule has 5 heteroatoms. The third-order valence-corrected chi connectivity index (χ3v) is 3.43. The average molecular weight is 326 g/mol. The standard InChI is InChI=1S/C14H16BrNO3/c1-9(17)19-14(2,3)8-16-7-10-6-11(15)4-5-12(10)13(16)18/h4-6H,7-8H2,1-3H3. The van der Waals surface area contributed by atoms with Crippen molar-refractivity contribution in [1.82, 2.24) is 4.90 Å². The van der Waals surface area contributed by atoms with Gasteiger partial charge in [-0.3, -0.25) is 9.59 Å². The largest absolute Gasteiger partial charge is 0.458 e. The van der Waals surface area contributed by atoms with E-state index in [1.807, 2.05) is 18.2 Å². The fourth-order valence-corrected chi connectivity index (χ4v) is 2.77. The summed E-state index contributed by atoms with van der Waals surface area (Å²) >= 11 is 3.40. The summed E-state index contributed by atoms with van der Waals surface area (Å²) in [5.74, 6) is -0.348. The predicted octanol–water partition coefficient (Wildman–Crippen LogP) is 2.75. The molecule has 0 N–H and O–H groups in total. The molecule has 0 unspecified atom stereocenters. The number of fused-ring (bicyclic) bond motifs is 1. The van der Waals surface area contributed by atoms with E-state index in [0.29, 0.717) is 13.1 Å². The Bertz CT molecular complexity index is 539. The van der Waals surface area contributed by atoms with Gasteiger partial charge in [0.1, 0.15) is 5.60 Å². The third kappa shape index (κ3) is 3.15. The van der Waals surface area contributed by atoms with Crippen LogP contribution in [0.5, 0.6) is 0 Å². The van der Waals surface area contributed by atoms with E-state index in [9.17, 15) is 9.59 Å². The van der Waals surface area contributed by atoms with Crippen LogP contribution in [0.2, 0.25) is 0 Å². The maximum Gasteiger partial charge on any atom is 0.303 e. The second kappa shape index (κ2) is 4.96. The molecule has 0 atom stereocenters. The summed E-state index contributed by atoms with van der Waals surface area (Å²) in [7, 11) is 0. The lowest BCUT2D eigenvalue weighted by Crippen LogP contribution is -2.41. The van der Waals surface area contributed by atoms with E-state index < -0.39 is 5.60 Å². The van der Waals surface area contributed by atoms with Crippen LogP contribution in [0, 0.1) is 0 Å². The molecule has 0 aliphatic carbocycles. The number of hydrogen-bond donors (Lipinski definition) is 0. The molecule has 19 heavy (non-hydrogen) atoms. The number of benzene rings is 1. The fourth-order valence-electron chi connectivity index (χ4n) is 2.36. The number of nitrogens with zero attached hydrogens (tertiary/aromatic N) is 1. The topological polar surface area (TPSA) is 46.6 Å². The van der Waals surface area contributed by atoms with Gasteiger partial charge < -0.3 is 9.64 Å². The summed E-state index contributed by atoms with van der Waals surface area (Å²) < 4.78 is 6.19. The summed E-state index contributed by atoms with van der Waals surface area (Å²) in [5, 5.41) is 0. The van der Waals surface area contributed by atoms with Crippen LogP contribution in [0.15, 0.2) is 22.7 Å². The molecule has 0 bridgehead atoms. The second-order valence-corrected chi connectivity index (χ2v) is 6.23. The van der Waals surface area contributed by atoms with Gasteiger partial charge in [-0.05, 0) is 37.6 Å². The molecule has 0 saturated heterocycles. The first-order valence-corrected chi connectivity index (χ1v) is 6.85. The van der Waals surface area contributed by atoms with Crippen molar-refractivity contribution in [1.29, 1.82) is 0 Å². The third-order valence-electron chi connectivity index (χ3n) is 2.94. The molecular formula is C14H16BrNO3. The fraction of sp³-hybridized carbons (Fsp3) is 0.429. The summed E-state index contributed by atoms with van der Waals surface area (Å²) in [6, 6.07) is 5.63. The highest BCUT2D eigenvalue weighted by molar-refractivity contribution is 9.10. The van der Waals surface area contributed by atoms with Crippen LogP contribution >= 0.6 is 15.9 Å². The van der Waals surface area contributed by atoms with E-state index in [-0.39, 0.29) is 11.9 Å². The summed E-state index contributed by atoms with van der Waals surface area (Å²) in [4.78, 5) is 25.0. The molecule has 1 amide bonds. The maximum atomic E-state index is 12.2. The van der Waals surface area contributed by atoms with Gasteiger partial charge >= 0.3 is 5.97 Å². The van der Waals surface area contributed by atoms with Crippen LogP contribution in [-0.2, 0) is 16.1 Å². The van der Waals surface area contributed by atoms with E-state index in [1.165, 1.54) is 6.92 Å². The van der Waals surface area contributed by atoms with Gasteiger partial charge in [-0.2, -0.15) is 0 Å². The van der Waals surface area contributed by atoms with Gasteiger partial charge in [0.05, 0.1) is 6.54 Å². The van der Waals surface area contributed by atoms with E-state index in [1.54, 1.807) is 18.7 Å². The normalized spacial score (nSPS) is 14.5. The molecule has 0 aromatic heterocycles. The minimum Gasteiger partial charge on any atom is -0.458 e. The monoisotopic (exact) mass is 325 g/mol. The van der Waals surface area contributed by atoms with Crippen molar-refractivity contribution >= 4 is 27.8 Å².